The smallest absolute Gasteiger partial charge is 0.266 e. The molecule has 158 valence electrons. The minimum absolute atomic E-state index is 0.0432. The van der Waals surface area contributed by atoms with Gasteiger partial charge in [-0.15, -0.1) is 0 Å². The van der Waals surface area contributed by atoms with Crippen LogP contribution >= 0.6 is 0 Å². The number of aromatic amines is 1. The van der Waals surface area contributed by atoms with Gasteiger partial charge in [0.25, 0.3) is 5.56 Å². The largest absolute Gasteiger partial charge is 0.338 e. The van der Waals surface area contributed by atoms with Crippen LogP contribution in [0.25, 0.3) is 5.65 Å². The molecule has 0 aliphatic heterocycles. The van der Waals surface area contributed by atoms with Crippen LogP contribution in [0.2, 0.25) is 0 Å². The van der Waals surface area contributed by atoms with Crippen molar-refractivity contribution in [2.24, 2.45) is 0 Å². The number of H-pyrrole nitrogens is 1. The van der Waals surface area contributed by atoms with E-state index in [4.69, 9.17) is 0 Å². The molecule has 2 aromatic carbocycles. The van der Waals surface area contributed by atoms with E-state index in [1.165, 1.54) is 11.6 Å². The third kappa shape index (κ3) is 4.74. The summed E-state index contributed by atoms with van der Waals surface area (Å²) in [5.74, 6) is 0.0432. The lowest BCUT2D eigenvalue weighted by Crippen LogP contribution is -2.34. The number of benzene rings is 2. The lowest BCUT2D eigenvalue weighted by atomic mass is 10.1. The van der Waals surface area contributed by atoms with Gasteiger partial charge in [-0.2, -0.15) is 0 Å². The van der Waals surface area contributed by atoms with Gasteiger partial charge in [0, 0.05) is 36.1 Å². The van der Waals surface area contributed by atoms with Gasteiger partial charge >= 0.3 is 0 Å². The van der Waals surface area contributed by atoms with E-state index in [1.807, 2.05) is 67.3 Å². The summed E-state index contributed by atoms with van der Waals surface area (Å²) in [6.07, 6.45) is 1.03. The van der Waals surface area contributed by atoms with E-state index >= 15 is 0 Å². The average molecular weight is 415 g/mol. The molecular formula is C25H26N4O2. The summed E-state index contributed by atoms with van der Waals surface area (Å²) in [5, 5.41) is 2.76. The van der Waals surface area contributed by atoms with Crippen molar-refractivity contribution in [1.82, 2.24) is 19.5 Å². The summed E-state index contributed by atoms with van der Waals surface area (Å²) >= 11 is 0. The highest BCUT2D eigenvalue weighted by atomic mass is 16.2. The Morgan fingerprint density at radius 1 is 1.00 bits per heavy atom. The van der Waals surface area contributed by atoms with Crippen molar-refractivity contribution < 1.29 is 4.79 Å². The molecule has 0 radical (unpaired) electrons. The lowest BCUT2D eigenvalue weighted by Gasteiger charge is -2.24. The predicted octanol–water partition coefficient (Wildman–Crippen LogP) is 3.45. The van der Waals surface area contributed by atoms with Crippen LogP contribution in [-0.4, -0.2) is 31.9 Å². The molecule has 0 fully saturated rings. The second kappa shape index (κ2) is 9.00. The second-order valence-corrected chi connectivity index (χ2v) is 7.79. The Bertz CT molecular complexity index is 1240. The van der Waals surface area contributed by atoms with Crippen LogP contribution in [0.5, 0.6) is 0 Å². The molecule has 0 saturated heterocycles. The van der Waals surface area contributed by atoms with Crippen LogP contribution in [-0.2, 0) is 24.2 Å². The van der Waals surface area contributed by atoms with Gasteiger partial charge in [-0.25, -0.2) is 9.50 Å². The van der Waals surface area contributed by atoms with E-state index in [0.717, 1.165) is 28.9 Å². The fraction of sp³-hybridized carbons (Fsp3) is 0.240. The van der Waals surface area contributed by atoms with Crippen molar-refractivity contribution >= 4 is 11.6 Å². The zero-order valence-electron chi connectivity index (χ0n) is 17.8. The molecule has 4 rings (SSSR count). The summed E-state index contributed by atoms with van der Waals surface area (Å²) in [6.45, 7) is 4.98. The molecule has 0 saturated carbocycles. The normalized spacial score (nSPS) is 11.0. The van der Waals surface area contributed by atoms with Crippen molar-refractivity contribution in [1.29, 1.82) is 0 Å². The molecule has 1 N–H and O–H groups in total. The number of rotatable bonds is 7. The Morgan fingerprint density at radius 2 is 1.65 bits per heavy atom. The number of fused-ring (bicyclic) bond motifs is 1. The summed E-state index contributed by atoms with van der Waals surface area (Å²) in [5.41, 5.74) is 5.12. The Kier molecular flexibility index (Phi) is 5.98. The van der Waals surface area contributed by atoms with Crippen molar-refractivity contribution in [2.45, 2.75) is 33.2 Å². The van der Waals surface area contributed by atoms with Gasteiger partial charge in [0.2, 0.25) is 5.91 Å². The topological polar surface area (TPSA) is 70.5 Å². The number of carbonyl (C=O) groups is 1. The first kappa shape index (κ1) is 20.6. The predicted molar refractivity (Wildman–Crippen MR) is 121 cm³/mol. The zero-order chi connectivity index (χ0) is 21.8. The number of nitrogens with zero attached hydrogens (tertiary/aromatic N) is 3. The van der Waals surface area contributed by atoms with Crippen LogP contribution < -0.4 is 5.56 Å². The summed E-state index contributed by atoms with van der Waals surface area (Å²) < 4.78 is 1.66. The second-order valence-electron chi connectivity index (χ2n) is 7.79. The van der Waals surface area contributed by atoms with Gasteiger partial charge < -0.3 is 4.90 Å². The molecule has 31 heavy (non-hydrogen) atoms. The third-order valence-corrected chi connectivity index (χ3v) is 5.61. The maximum atomic E-state index is 13.4. The standard InChI is InChI=1S/C25H26N4O2/c1-18-22(19(2)29-23(26-18)16-24(30)27-29)15-25(31)28(17-21-11-7-4-8-12-21)14-13-20-9-5-3-6-10-20/h3-12,16H,13-15,17H2,1-2H3,(H,27,30). The summed E-state index contributed by atoms with van der Waals surface area (Å²) in [7, 11) is 0. The average Bonchev–Trinajstić information content (AvgIpc) is 3.15. The third-order valence-electron chi connectivity index (χ3n) is 5.61. The zero-order valence-corrected chi connectivity index (χ0v) is 17.8. The fourth-order valence-electron chi connectivity index (χ4n) is 3.88. The number of carbonyl (C=O) groups excluding carboxylic acids is 1. The molecule has 2 heterocycles. The van der Waals surface area contributed by atoms with Crippen molar-refractivity contribution in [2.75, 3.05) is 6.54 Å². The highest BCUT2D eigenvalue weighted by Crippen LogP contribution is 2.16. The molecule has 0 bridgehead atoms. The quantitative estimate of drug-likeness (QED) is 0.504. The van der Waals surface area contributed by atoms with E-state index < -0.39 is 0 Å². The molecular weight excluding hydrogens is 388 g/mol. The minimum atomic E-state index is -0.202. The minimum Gasteiger partial charge on any atom is -0.338 e. The highest BCUT2D eigenvalue weighted by molar-refractivity contribution is 5.79. The van der Waals surface area contributed by atoms with Crippen LogP contribution in [0.4, 0.5) is 0 Å². The van der Waals surface area contributed by atoms with E-state index in [2.05, 4.69) is 22.2 Å². The maximum absolute atomic E-state index is 13.4. The van der Waals surface area contributed by atoms with Crippen LogP contribution in [0.1, 0.15) is 28.1 Å². The molecule has 0 aliphatic rings. The lowest BCUT2D eigenvalue weighted by molar-refractivity contribution is -0.131. The van der Waals surface area contributed by atoms with Gasteiger partial charge in [0.15, 0.2) is 5.65 Å². The maximum Gasteiger partial charge on any atom is 0.266 e. The first-order chi connectivity index (χ1) is 15.0. The molecule has 1 amide bonds. The summed E-state index contributed by atoms with van der Waals surface area (Å²) in [6, 6.07) is 21.7. The number of hydrogen-bond donors (Lipinski definition) is 1. The molecule has 0 aliphatic carbocycles. The van der Waals surface area contributed by atoms with Crippen molar-refractivity contribution in [3.63, 3.8) is 0 Å². The molecule has 6 nitrogen and oxygen atoms in total. The number of aromatic nitrogens is 3. The first-order valence-corrected chi connectivity index (χ1v) is 10.4. The van der Waals surface area contributed by atoms with E-state index in [1.54, 1.807) is 4.52 Å². The molecule has 0 unspecified atom stereocenters. The first-order valence-electron chi connectivity index (χ1n) is 10.4. The van der Waals surface area contributed by atoms with Gasteiger partial charge in [-0.05, 0) is 31.4 Å². The molecule has 0 spiro atoms. The van der Waals surface area contributed by atoms with Crippen LogP contribution in [0.3, 0.4) is 0 Å². The number of nitrogens with one attached hydrogen (secondary N) is 1. The SMILES string of the molecule is Cc1nc2cc(=O)[nH]n2c(C)c1CC(=O)N(CCc1ccccc1)Cc1ccccc1. The van der Waals surface area contributed by atoms with Crippen LogP contribution in [0, 0.1) is 13.8 Å². The highest BCUT2D eigenvalue weighted by Gasteiger charge is 2.19. The Morgan fingerprint density at radius 3 is 2.32 bits per heavy atom. The number of aryl methyl sites for hydroxylation is 2. The van der Waals surface area contributed by atoms with Crippen molar-refractivity contribution in [3.8, 4) is 0 Å². The van der Waals surface area contributed by atoms with Crippen LogP contribution in [0.15, 0.2) is 71.5 Å². The number of amides is 1. The van der Waals surface area contributed by atoms with E-state index in [-0.39, 0.29) is 17.9 Å². The van der Waals surface area contributed by atoms with Gasteiger partial charge in [-0.1, -0.05) is 60.7 Å². The molecule has 0 atom stereocenters. The van der Waals surface area contributed by atoms with Gasteiger partial charge in [-0.3, -0.25) is 14.7 Å². The molecule has 2 aromatic heterocycles. The molecule has 4 aromatic rings. The Balaban J connectivity index is 1.59. The molecule has 6 heteroatoms. The Labute approximate surface area is 181 Å². The summed E-state index contributed by atoms with van der Waals surface area (Å²) in [4.78, 5) is 31.5. The Hall–Kier alpha value is -3.67. The monoisotopic (exact) mass is 414 g/mol. The van der Waals surface area contributed by atoms with E-state index in [0.29, 0.717) is 18.7 Å². The van der Waals surface area contributed by atoms with Gasteiger partial charge in [0.05, 0.1) is 6.42 Å². The fourth-order valence-corrected chi connectivity index (χ4v) is 3.88. The van der Waals surface area contributed by atoms with Crippen molar-refractivity contribution in [3.05, 3.63) is 105 Å². The number of hydrogen-bond acceptors (Lipinski definition) is 3. The van der Waals surface area contributed by atoms with Gasteiger partial charge in [0.1, 0.15) is 0 Å². The van der Waals surface area contributed by atoms with E-state index in [9.17, 15) is 9.59 Å².